The molecule has 1 heterocycles. The van der Waals surface area contributed by atoms with Crippen molar-refractivity contribution in [2.75, 3.05) is 31.8 Å². The smallest absolute Gasteiger partial charge is 0.323 e. The number of anilines is 1. The van der Waals surface area contributed by atoms with Gasteiger partial charge in [0.2, 0.25) is 0 Å². The highest BCUT2D eigenvalue weighted by Crippen LogP contribution is 2.43. The van der Waals surface area contributed by atoms with Crippen molar-refractivity contribution in [3.8, 4) is 11.5 Å². The Morgan fingerprint density at radius 3 is 2.69 bits per heavy atom. The van der Waals surface area contributed by atoms with Gasteiger partial charge in [-0.3, -0.25) is 0 Å². The first-order chi connectivity index (χ1) is 12.5. The largest absolute Gasteiger partial charge is 0.497 e. The minimum Gasteiger partial charge on any atom is -0.497 e. The van der Waals surface area contributed by atoms with Gasteiger partial charge in [0.25, 0.3) is 0 Å². The summed E-state index contributed by atoms with van der Waals surface area (Å²) >= 11 is 1.58. The molecule has 1 aliphatic heterocycles. The van der Waals surface area contributed by atoms with E-state index in [0.717, 1.165) is 23.4 Å². The van der Waals surface area contributed by atoms with E-state index in [0.29, 0.717) is 18.0 Å². The Kier molecular flexibility index (Phi) is 5.51. The van der Waals surface area contributed by atoms with Gasteiger partial charge in [-0.05, 0) is 24.3 Å². The van der Waals surface area contributed by atoms with Gasteiger partial charge < -0.3 is 19.7 Å². The lowest BCUT2D eigenvalue weighted by Gasteiger charge is -2.26. The van der Waals surface area contributed by atoms with Crippen molar-refractivity contribution in [3.63, 3.8) is 0 Å². The summed E-state index contributed by atoms with van der Waals surface area (Å²) in [6.45, 7) is 0.499. The first kappa shape index (κ1) is 18.3. The summed E-state index contributed by atoms with van der Waals surface area (Å²) in [5.41, 5.74) is 0.763. The highest BCUT2D eigenvalue weighted by atomic mass is 32.2. The molecular weight excluding hydrogens is 362 g/mol. The number of carbonyl (C=O) groups excluding carboxylic acids is 1. The lowest BCUT2D eigenvalue weighted by atomic mass is 10.1. The van der Waals surface area contributed by atoms with Gasteiger partial charge in [-0.1, -0.05) is 0 Å². The number of rotatable bonds is 4. The van der Waals surface area contributed by atoms with Gasteiger partial charge in [-0.2, -0.15) is 0 Å². The fraction of sp³-hybridized carbons (Fsp3) is 0.278. The number of carbonyl (C=O) groups is 1. The summed E-state index contributed by atoms with van der Waals surface area (Å²) in [5, 5.41) is 2.23. The zero-order valence-electron chi connectivity index (χ0n) is 14.3. The molecule has 1 atom stereocenters. The highest BCUT2D eigenvalue weighted by molar-refractivity contribution is 7.99. The quantitative estimate of drug-likeness (QED) is 0.861. The number of benzene rings is 2. The second-order valence-corrected chi connectivity index (χ2v) is 6.77. The van der Waals surface area contributed by atoms with Crippen molar-refractivity contribution in [1.82, 2.24) is 4.90 Å². The topological polar surface area (TPSA) is 50.8 Å². The summed E-state index contributed by atoms with van der Waals surface area (Å²) < 4.78 is 37.5. The molecule has 0 saturated carbocycles. The SMILES string of the molecule is COc1ccc([C@H]2SCCN2C(=O)Nc2ccc(F)cc2F)c(OC)c1. The van der Waals surface area contributed by atoms with Crippen molar-refractivity contribution >= 4 is 23.5 Å². The first-order valence-electron chi connectivity index (χ1n) is 7.89. The first-order valence-corrected chi connectivity index (χ1v) is 8.94. The van der Waals surface area contributed by atoms with Crippen LogP contribution >= 0.6 is 11.8 Å². The third-order valence-electron chi connectivity index (χ3n) is 4.03. The predicted molar refractivity (Wildman–Crippen MR) is 96.8 cm³/mol. The molecule has 1 N–H and O–H groups in total. The summed E-state index contributed by atoms with van der Waals surface area (Å²) in [6, 6.07) is 7.98. The van der Waals surface area contributed by atoms with Crippen LogP contribution in [0.5, 0.6) is 11.5 Å². The number of hydrogen-bond donors (Lipinski definition) is 1. The van der Waals surface area contributed by atoms with E-state index < -0.39 is 17.7 Å². The van der Waals surface area contributed by atoms with Crippen molar-refractivity contribution < 1.29 is 23.0 Å². The molecule has 0 bridgehead atoms. The third kappa shape index (κ3) is 3.70. The standard InChI is InChI=1S/C18H18F2N2O3S/c1-24-12-4-5-13(16(10-12)25-2)17-22(7-8-26-17)18(23)21-15-6-3-11(19)9-14(15)20/h3-6,9-10,17H,7-8H2,1-2H3,(H,21,23)/t17-/m1/s1. The van der Waals surface area contributed by atoms with Crippen molar-refractivity contribution in [2.24, 2.45) is 0 Å². The number of urea groups is 1. The number of hydrogen-bond acceptors (Lipinski definition) is 4. The maximum absolute atomic E-state index is 13.8. The molecule has 0 spiro atoms. The van der Waals surface area contributed by atoms with Gasteiger partial charge in [0.05, 0.1) is 19.9 Å². The van der Waals surface area contributed by atoms with Gasteiger partial charge in [0.15, 0.2) is 0 Å². The van der Waals surface area contributed by atoms with Gasteiger partial charge >= 0.3 is 6.03 Å². The molecule has 2 amide bonds. The normalized spacial score (nSPS) is 16.5. The number of amides is 2. The predicted octanol–water partition coefficient (Wildman–Crippen LogP) is 4.26. The number of ether oxygens (including phenoxy) is 2. The van der Waals surface area contributed by atoms with E-state index in [1.807, 2.05) is 6.07 Å². The lowest BCUT2D eigenvalue weighted by Crippen LogP contribution is -2.34. The third-order valence-corrected chi connectivity index (χ3v) is 5.27. The zero-order valence-corrected chi connectivity index (χ0v) is 15.1. The Bertz CT molecular complexity index is 819. The van der Waals surface area contributed by atoms with Gasteiger partial charge in [0, 0.05) is 30.0 Å². The number of nitrogens with zero attached hydrogens (tertiary/aromatic N) is 1. The summed E-state index contributed by atoms with van der Waals surface area (Å²) in [7, 11) is 3.12. The summed E-state index contributed by atoms with van der Waals surface area (Å²) in [4.78, 5) is 14.2. The van der Waals surface area contributed by atoms with Crippen LogP contribution in [0.3, 0.4) is 0 Å². The second kappa shape index (κ2) is 7.82. The average molecular weight is 380 g/mol. The average Bonchev–Trinajstić information content (AvgIpc) is 3.13. The van der Waals surface area contributed by atoms with Crippen molar-refractivity contribution in [3.05, 3.63) is 53.6 Å². The maximum Gasteiger partial charge on any atom is 0.323 e. The monoisotopic (exact) mass is 380 g/mol. The minimum atomic E-state index is -0.816. The van der Waals surface area contributed by atoms with Crippen LogP contribution in [0, 0.1) is 11.6 Å². The Labute approximate surface area is 154 Å². The molecule has 2 aromatic rings. The highest BCUT2D eigenvalue weighted by Gasteiger charge is 2.33. The molecule has 0 radical (unpaired) electrons. The number of nitrogens with one attached hydrogen (secondary N) is 1. The van der Waals surface area contributed by atoms with Crippen LogP contribution in [-0.2, 0) is 0 Å². The van der Waals surface area contributed by atoms with Crippen LogP contribution in [0.4, 0.5) is 19.3 Å². The number of thioether (sulfide) groups is 1. The number of methoxy groups -OCH3 is 2. The Morgan fingerprint density at radius 2 is 2.00 bits per heavy atom. The van der Waals surface area contributed by atoms with E-state index in [9.17, 15) is 13.6 Å². The number of halogens is 2. The van der Waals surface area contributed by atoms with Crippen LogP contribution in [0.2, 0.25) is 0 Å². The molecule has 8 heteroatoms. The van der Waals surface area contributed by atoms with Crippen LogP contribution < -0.4 is 14.8 Å². The van der Waals surface area contributed by atoms with E-state index in [1.54, 1.807) is 43.0 Å². The van der Waals surface area contributed by atoms with Gasteiger partial charge in [-0.15, -0.1) is 11.8 Å². The van der Waals surface area contributed by atoms with E-state index >= 15 is 0 Å². The van der Waals surface area contributed by atoms with Crippen LogP contribution in [0.1, 0.15) is 10.9 Å². The van der Waals surface area contributed by atoms with Crippen LogP contribution in [0.25, 0.3) is 0 Å². The Morgan fingerprint density at radius 1 is 1.19 bits per heavy atom. The molecule has 2 aromatic carbocycles. The molecule has 0 aliphatic carbocycles. The molecule has 3 rings (SSSR count). The Hall–Kier alpha value is -2.48. The van der Waals surface area contributed by atoms with E-state index in [1.165, 1.54) is 6.07 Å². The van der Waals surface area contributed by atoms with Crippen molar-refractivity contribution in [1.29, 1.82) is 0 Å². The van der Waals surface area contributed by atoms with Crippen molar-refractivity contribution in [2.45, 2.75) is 5.37 Å². The molecule has 138 valence electrons. The van der Waals surface area contributed by atoms with E-state index in [4.69, 9.17) is 9.47 Å². The summed E-state index contributed by atoms with van der Waals surface area (Å²) in [6.07, 6.45) is 0. The Balaban J connectivity index is 1.82. The fourth-order valence-electron chi connectivity index (χ4n) is 2.74. The molecule has 1 aliphatic rings. The van der Waals surface area contributed by atoms with Crippen LogP contribution in [-0.4, -0.2) is 37.4 Å². The maximum atomic E-state index is 13.8. The lowest BCUT2D eigenvalue weighted by molar-refractivity contribution is 0.213. The molecular formula is C18H18F2N2O3S. The summed E-state index contributed by atoms with van der Waals surface area (Å²) in [5.74, 6) is 0.480. The zero-order chi connectivity index (χ0) is 18.7. The van der Waals surface area contributed by atoms with E-state index in [2.05, 4.69) is 5.32 Å². The molecule has 0 unspecified atom stereocenters. The molecule has 1 fully saturated rings. The second-order valence-electron chi connectivity index (χ2n) is 5.58. The molecule has 26 heavy (non-hydrogen) atoms. The minimum absolute atomic E-state index is 0.0613. The molecule has 5 nitrogen and oxygen atoms in total. The van der Waals surface area contributed by atoms with Crippen LogP contribution in [0.15, 0.2) is 36.4 Å². The molecule has 0 aromatic heterocycles. The molecule has 1 saturated heterocycles. The van der Waals surface area contributed by atoms with Gasteiger partial charge in [0.1, 0.15) is 28.5 Å². The fourth-order valence-corrected chi connectivity index (χ4v) is 4.02. The van der Waals surface area contributed by atoms with E-state index in [-0.39, 0.29) is 11.1 Å². The van der Waals surface area contributed by atoms with Gasteiger partial charge in [-0.25, -0.2) is 13.6 Å².